The van der Waals surface area contributed by atoms with Crippen molar-refractivity contribution >= 4 is 44.3 Å². The molecule has 0 bridgehead atoms. The maximum Gasteiger partial charge on any atom is 0.351 e. The van der Waals surface area contributed by atoms with E-state index >= 15 is 0 Å². The minimum Gasteiger partial charge on any atom is -0.494 e. The number of halogens is 1. The van der Waals surface area contributed by atoms with Crippen LogP contribution in [-0.4, -0.2) is 33.3 Å². The molecule has 0 radical (unpaired) electrons. The summed E-state index contributed by atoms with van der Waals surface area (Å²) in [6.07, 6.45) is 0. The van der Waals surface area contributed by atoms with Gasteiger partial charge in [-0.15, -0.1) is 11.3 Å². The van der Waals surface area contributed by atoms with E-state index in [1.807, 2.05) is 0 Å². The van der Waals surface area contributed by atoms with E-state index in [4.69, 9.17) is 9.15 Å². The van der Waals surface area contributed by atoms with E-state index in [0.29, 0.717) is 15.4 Å². The van der Waals surface area contributed by atoms with Crippen molar-refractivity contribution < 1.29 is 27.9 Å². The summed E-state index contributed by atoms with van der Waals surface area (Å²) in [7, 11) is 4.03. The molecule has 8 nitrogen and oxygen atoms in total. The van der Waals surface area contributed by atoms with Crippen molar-refractivity contribution in [3.8, 4) is 5.75 Å². The highest BCUT2D eigenvalue weighted by Gasteiger charge is 2.20. The summed E-state index contributed by atoms with van der Waals surface area (Å²) >= 11 is 1.14. The van der Waals surface area contributed by atoms with Crippen LogP contribution in [0.15, 0.2) is 39.5 Å². The molecule has 0 aliphatic carbocycles. The predicted molar refractivity (Wildman–Crippen MR) is 102 cm³/mol. The number of thiophene rings is 1. The maximum absolute atomic E-state index is 13.3. The number of carbonyl (C=O) groups excluding carboxylic acids is 2. The highest BCUT2D eigenvalue weighted by atomic mass is 32.1. The molecule has 0 spiro atoms. The summed E-state index contributed by atoms with van der Waals surface area (Å²) < 4.78 is 28.5. The molecule has 0 saturated heterocycles. The standard InChI is InChI=1S/C18H15FN2O6S/c1-21(18(24)20-11-5-4-9(19)6-12(11)25-2)15-8-13-14(28-15)7-10(16(22)26-3)17(23)27-13/h4-8H,1-3H3,(H,20,24). The third-order valence-electron chi connectivity index (χ3n) is 3.86. The van der Waals surface area contributed by atoms with Crippen LogP contribution in [0.2, 0.25) is 0 Å². The van der Waals surface area contributed by atoms with Gasteiger partial charge in [0.1, 0.15) is 22.1 Å². The van der Waals surface area contributed by atoms with Crippen molar-refractivity contribution in [1.82, 2.24) is 0 Å². The number of fused-ring (bicyclic) bond motifs is 1. The zero-order chi connectivity index (χ0) is 20.4. The number of esters is 1. The molecule has 0 fully saturated rings. The second-order valence-corrected chi connectivity index (χ2v) is 6.65. The van der Waals surface area contributed by atoms with Crippen molar-refractivity contribution in [3.63, 3.8) is 0 Å². The third-order valence-corrected chi connectivity index (χ3v) is 5.00. The van der Waals surface area contributed by atoms with Crippen molar-refractivity contribution in [2.75, 3.05) is 31.5 Å². The lowest BCUT2D eigenvalue weighted by Gasteiger charge is -2.17. The molecular formula is C18H15FN2O6S. The molecule has 0 aliphatic rings. The number of rotatable bonds is 4. The van der Waals surface area contributed by atoms with Crippen LogP contribution in [0.25, 0.3) is 10.3 Å². The largest absolute Gasteiger partial charge is 0.494 e. The van der Waals surface area contributed by atoms with Gasteiger partial charge in [0, 0.05) is 19.2 Å². The van der Waals surface area contributed by atoms with Crippen molar-refractivity contribution in [3.05, 3.63) is 52.1 Å². The number of anilines is 2. The molecule has 1 N–H and O–H groups in total. The van der Waals surface area contributed by atoms with Crippen molar-refractivity contribution in [1.29, 1.82) is 0 Å². The summed E-state index contributed by atoms with van der Waals surface area (Å²) in [4.78, 5) is 37.3. The molecule has 1 aromatic carbocycles. The molecular weight excluding hydrogens is 391 g/mol. The van der Waals surface area contributed by atoms with E-state index in [0.717, 1.165) is 24.5 Å². The van der Waals surface area contributed by atoms with E-state index < -0.39 is 23.4 Å². The van der Waals surface area contributed by atoms with Gasteiger partial charge in [0.2, 0.25) is 0 Å². The first-order valence-electron chi connectivity index (χ1n) is 7.88. The Morgan fingerprint density at radius 2 is 1.96 bits per heavy atom. The van der Waals surface area contributed by atoms with Crippen LogP contribution >= 0.6 is 11.3 Å². The molecule has 28 heavy (non-hydrogen) atoms. The summed E-state index contributed by atoms with van der Waals surface area (Å²) in [5, 5.41) is 3.07. The van der Waals surface area contributed by atoms with E-state index in [1.54, 1.807) is 0 Å². The Labute approximate surface area is 162 Å². The van der Waals surface area contributed by atoms with Gasteiger partial charge in [-0.3, -0.25) is 4.90 Å². The smallest absolute Gasteiger partial charge is 0.351 e. The number of nitrogens with zero attached hydrogens (tertiary/aromatic N) is 1. The summed E-state index contributed by atoms with van der Waals surface area (Å²) in [6, 6.07) is 6.07. The molecule has 3 aromatic rings. The average Bonchev–Trinajstić information content (AvgIpc) is 3.09. The fourth-order valence-corrected chi connectivity index (χ4v) is 3.37. The zero-order valence-electron chi connectivity index (χ0n) is 15.1. The highest BCUT2D eigenvalue weighted by Crippen LogP contribution is 2.33. The third kappa shape index (κ3) is 3.67. The Kier molecular flexibility index (Phi) is 5.32. The number of hydrogen-bond donors (Lipinski definition) is 1. The van der Waals surface area contributed by atoms with Crippen molar-refractivity contribution in [2.24, 2.45) is 0 Å². The summed E-state index contributed by atoms with van der Waals surface area (Å²) in [5.74, 6) is -1.13. The minimum atomic E-state index is -0.827. The molecule has 0 saturated carbocycles. The fourth-order valence-electron chi connectivity index (χ4n) is 2.39. The first-order chi connectivity index (χ1) is 13.3. The lowest BCUT2D eigenvalue weighted by Crippen LogP contribution is -2.30. The second-order valence-electron chi connectivity index (χ2n) is 5.59. The average molecular weight is 406 g/mol. The molecule has 0 unspecified atom stereocenters. The number of methoxy groups -OCH3 is 2. The highest BCUT2D eigenvalue weighted by molar-refractivity contribution is 7.22. The van der Waals surface area contributed by atoms with Crippen LogP contribution in [0.4, 0.5) is 19.9 Å². The van der Waals surface area contributed by atoms with Crippen LogP contribution in [0.5, 0.6) is 5.75 Å². The Morgan fingerprint density at radius 3 is 2.64 bits per heavy atom. The molecule has 2 heterocycles. The quantitative estimate of drug-likeness (QED) is 0.667. The molecule has 146 valence electrons. The topological polar surface area (TPSA) is 98.1 Å². The molecule has 2 aromatic heterocycles. The van der Waals surface area contributed by atoms with E-state index in [2.05, 4.69) is 10.1 Å². The van der Waals surface area contributed by atoms with Crippen LogP contribution < -0.4 is 20.6 Å². The monoisotopic (exact) mass is 406 g/mol. The first-order valence-corrected chi connectivity index (χ1v) is 8.70. The van der Waals surface area contributed by atoms with Gasteiger partial charge in [0.25, 0.3) is 0 Å². The first kappa shape index (κ1) is 19.4. The van der Waals surface area contributed by atoms with Gasteiger partial charge >= 0.3 is 17.6 Å². The van der Waals surface area contributed by atoms with Gasteiger partial charge in [0.05, 0.1) is 24.6 Å². The normalized spacial score (nSPS) is 10.6. The van der Waals surface area contributed by atoms with Gasteiger partial charge in [-0.1, -0.05) is 0 Å². The van der Waals surface area contributed by atoms with E-state index in [1.165, 1.54) is 43.3 Å². The number of hydrogen-bond acceptors (Lipinski definition) is 7. The van der Waals surface area contributed by atoms with Gasteiger partial charge in [0.15, 0.2) is 5.58 Å². The predicted octanol–water partition coefficient (Wildman–Crippen LogP) is 3.46. The van der Waals surface area contributed by atoms with Gasteiger partial charge < -0.3 is 19.2 Å². The van der Waals surface area contributed by atoms with Gasteiger partial charge in [-0.2, -0.15) is 0 Å². The minimum absolute atomic E-state index is 0.173. The number of carbonyl (C=O) groups is 2. The lowest BCUT2D eigenvalue weighted by atomic mass is 10.3. The summed E-state index contributed by atoms with van der Waals surface area (Å²) in [5.41, 5.74) is -0.531. The number of nitrogens with one attached hydrogen (secondary N) is 1. The number of urea groups is 1. The molecule has 10 heteroatoms. The van der Waals surface area contributed by atoms with E-state index in [-0.39, 0.29) is 16.9 Å². The Balaban J connectivity index is 1.88. The Bertz CT molecular complexity index is 1120. The SMILES string of the molecule is COC(=O)c1cc2sc(N(C)C(=O)Nc3ccc(F)cc3OC)cc2oc1=O. The van der Waals surface area contributed by atoms with Crippen LogP contribution in [-0.2, 0) is 4.74 Å². The lowest BCUT2D eigenvalue weighted by molar-refractivity contribution is 0.0596. The fraction of sp³-hybridized carbons (Fsp3) is 0.167. The maximum atomic E-state index is 13.3. The molecule has 0 aliphatic heterocycles. The molecule has 2 amide bonds. The second kappa shape index (κ2) is 7.69. The Morgan fingerprint density at radius 1 is 1.21 bits per heavy atom. The number of amides is 2. The van der Waals surface area contributed by atoms with Crippen LogP contribution in [0.3, 0.4) is 0 Å². The van der Waals surface area contributed by atoms with E-state index in [9.17, 15) is 18.8 Å². The zero-order valence-corrected chi connectivity index (χ0v) is 15.9. The van der Waals surface area contributed by atoms with Crippen molar-refractivity contribution in [2.45, 2.75) is 0 Å². The van der Waals surface area contributed by atoms with Crippen LogP contribution in [0, 0.1) is 5.82 Å². The number of benzene rings is 1. The molecule has 3 rings (SSSR count). The summed E-state index contributed by atoms with van der Waals surface area (Å²) in [6.45, 7) is 0. The van der Waals surface area contributed by atoms with Crippen LogP contribution in [0.1, 0.15) is 10.4 Å². The molecule has 0 atom stereocenters. The van der Waals surface area contributed by atoms with Gasteiger partial charge in [-0.05, 0) is 18.2 Å². The van der Waals surface area contributed by atoms with Gasteiger partial charge in [-0.25, -0.2) is 18.8 Å². The number of ether oxygens (including phenoxy) is 2. The Hall–Kier alpha value is -3.40.